The first kappa shape index (κ1) is 21.4. The van der Waals surface area contributed by atoms with Crippen LogP contribution in [0, 0.1) is 23.2 Å². The predicted molar refractivity (Wildman–Crippen MR) is 127 cm³/mol. The molecule has 0 amide bonds. The third kappa shape index (κ3) is 2.94. The molecular weight excluding hydrogens is 432 g/mol. The number of benzene rings is 2. The molecule has 3 saturated carbocycles. The first-order valence-corrected chi connectivity index (χ1v) is 13.4. The van der Waals surface area contributed by atoms with Crippen molar-refractivity contribution in [2.24, 2.45) is 23.2 Å². The number of rotatable bonds is 4. The summed E-state index contributed by atoms with van der Waals surface area (Å²) in [6.45, 7) is 3.87. The summed E-state index contributed by atoms with van der Waals surface area (Å²) in [6.07, 6.45) is 5.17. The SMILES string of the molecule is COc1ccc2c(c1)[C@]1(S(=O)c3ccccc3)C[C@@H]1[C@@H]1[C@@H]2CC[C@]2(C)[C@@H](OC(C)=O)CC[C@@H]12. The molecule has 174 valence electrons. The lowest BCUT2D eigenvalue weighted by Crippen LogP contribution is -2.47. The molecule has 0 spiro atoms. The number of ether oxygens (including phenoxy) is 2. The van der Waals surface area contributed by atoms with E-state index in [0.29, 0.717) is 23.7 Å². The van der Waals surface area contributed by atoms with E-state index in [1.165, 1.54) is 18.1 Å². The summed E-state index contributed by atoms with van der Waals surface area (Å²) in [7, 11) is 0.578. The van der Waals surface area contributed by atoms with Gasteiger partial charge in [0.2, 0.25) is 0 Å². The van der Waals surface area contributed by atoms with Crippen LogP contribution < -0.4 is 4.74 Å². The molecule has 4 aliphatic carbocycles. The summed E-state index contributed by atoms with van der Waals surface area (Å²) in [6, 6.07) is 16.4. The topological polar surface area (TPSA) is 52.6 Å². The van der Waals surface area contributed by atoms with E-state index in [-0.39, 0.29) is 22.2 Å². The molecule has 4 aliphatic rings. The predicted octanol–water partition coefficient (Wildman–Crippen LogP) is 5.57. The Balaban J connectivity index is 1.46. The van der Waals surface area contributed by atoms with Crippen LogP contribution in [0.1, 0.15) is 63.0 Å². The van der Waals surface area contributed by atoms with Crippen molar-refractivity contribution in [1.82, 2.24) is 0 Å². The van der Waals surface area contributed by atoms with Crippen molar-refractivity contribution in [2.75, 3.05) is 7.11 Å². The van der Waals surface area contributed by atoms with Crippen molar-refractivity contribution >= 4 is 16.8 Å². The monoisotopic (exact) mass is 464 g/mol. The molecule has 5 heteroatoms. The molecule has 0 aromatic heterocycles. The Morgan fingerprint density at radius 1 is 1.06 bits per heavy atom. The van der Waals surface area contributed by atoms with Crippen LogP contribution in [-0.2, 0) is 25.1 Å². The molecule has 2 aromatic rings. The van der Waals surface area contributed by atoms with Crippen LogP contribution in [0.4, 0.5) is 0 Å². The highest BCUT2D eigenvalue weighted by molar-refractivity contribution is 7.86. The van der Waals surface area contributed by atoms with Crippen molar-refractivity contribution < 1.29 is 18.5 Å². The Hall–Kier alpha value is -2.14. The lowest BCUT2D eigenvalue weighted by atomic mass is 9.55. The van der Waals surface area contributed by atoms with E-state index in [0.717, 1.165) is 42.7 Å². The van der Waals surface area contributed by atoms with Crippen LogP contribution in [0.25, 0.3) is 0 Å². The maximum Gasteiger partial charge on any atom is 0.302 e. The van der Waals surface area contributed by atoms with Crippen LogP contribution in [0.3, 0.4) is 0 Å². The molecule has 1 unspecified atom stereocenters. The molecule has 0 bridgehead atoms. The zero-order valence-electron chi connectivity index (χ0n) is 19.6. The van der Waals surface area contributed by atoms with Crippen LogP contribution >= 0.6 is 0 Å². The number of carbonyl (C=O) groups is 1. The van der Waals surface area contributed by atoms with Gasteiger partial charge in [0.15, 0.2) is 0 Å². The van der Waals surface area contributed by atoms with E-state index in [2.05, 4.69) is 25.1 Å². The first-order chi connectivity index (χ1) is 15.9. The van der Waals surface area contributed by atoms with E-state index in [4.69, 9.17) is 9.47 Å². The molecule has 0 N–H and O–H groups in total. The van der Waals surface area contributed by atoms with Gasteiger partial charge in [0, 0.05) is 17.2 Å². The minimum atomic E-state index is -1.13. The normalized spacial score (nSPS) is 38.8. The number of carbonyl (C=O) groups excluding carboxylic acids is 1. The quantitative estimate of drug-likeness (QED) is 0.555. The van der Waals surface area contributed by atoms with Gasteiger partial charge in [-0.3, -0.25) is 9.00 Å². The molecular formula is C28H32O4S. The lowest BCUT2D eigenvalue weighted by molar-refractivity contribution is -0.155. The van der Waals surface area contributed by atoms with Gasteiger partial charge in [0.05, 0.1) is 22.7 Å². The highest BCUT2D eigenvalue weighted by Crippen LogP contribution is 2.74. The molecule has 0 heterocycles. The molecule has 0 radical (unpaired) electrons. The highest BCUT2D eigenvalue weighted by atomic mass is 32.2. The maximum absolute atomic E-state index is 14.2. The second kappa shape index (κ2) is 7.43. The maximum atomic E-state index is 14.2. The molecule has 6 rings (SSSR count). The smallest absolute Gasteiger partial charge is 0.302 e. The second-order valence-corrected chi connectivity index (χ2v) is 12.5. The molecule has 0 aliphatic heterocycles. The van der Waals surface area contributed by atoms with Crippen molar-refractivity contribution in [3.63, 3.8) is 0 Å². The summed E-state index contributed by atoms with van der Waals surface area (Å²) in [5, 5.41) is 0. The lowest BCUT2D eigenvalue weighted by Gasteiger charge is -2.51. The van der Waals surface area contributed by atoms with Crippen molar-refractivity contribution in [3.05, 3.63) is 59.7 Å². The van der Waals surface area contributed by atoms with Gasteiger partial charge in [0.25, 0.3) is 0 Å². The van der Waals surface area contributed by atoms with E-state index < -0.39 is 10.8 Å². The Morgan fingerprint density at radius 3 is 2.58 bits per heavy atom. The Bertz CT molecular complexity index is 1130. The molecule has 8 atom stereocenters. The van der Waals surface area contributed by atoms with Crippen LogP contribution in [0.5, 0.6) is 5.75 Å². The fraction of sp³-hybridized carbons (Fsp3) is 0.536. The van der Waals surface area contributed by atoms with Crippen LogP contribution in [-0.4, -0.2) is 23.4 Å². The summed E-state index contributed by atoms with van der Waals surface area (Å²) in [4.78, 5) is 12.7. The fourth-order valence-electron chi connectivity index (χ4n) is 7.91. The molecule has 0 saturated heterocycles. The van der Waals surface area contributed by atoms with E-state index in [1.54, 1.807) is 7.11 Å². The van der Waals surface area contributed by atoms with Gasteiger partial charge >= 0.3 is 5.97 Å². The number of hydrogen-bond acceptors (Lipinski definition) is 4. The number of esters is 1. The highest BCUT2D eigenvalue weighted by Gasteiger charge is 2.71. The van der Waals surface area contributed by atoms with Gasteiger partial charge in [-0.2, -0.15) is 0 Å². The third-order valence-electron chi connectivity index (χ3n) is 9.38. The molecule has 2 aromatic carbocycles. The van der Waals surface area contributed by atoms with E-state index in [1.807, 2.05) is 30.3 Å². The zero-order valence-corrected chi connectivity index (χ0v) is 20.4. The number of hydrogen-bond donors (Lipinski definition) is 0. The number of fused-ring (bicyclic) bond motifs is 8. The van der Waals surface area contributed by atoms with Gasteiger partial charge in [0.1, 0.15) is 11.9 Å². The van der Waals surface area contributed by atoms with Crippen molar-refractivity contribution in [1.29, 1.82) is 0 Å². The zero-order chi connectivity index (χ0) is 23.0. The summed E-state index contributed by atoms with van der Waals surface area (Å²) in [5.74, 6) is 2.53. The van der Waals surface area contributed by atoms with E-state index >= 15 is 0 Å². The van der Waals surface area contributed by atoms with Gasteiger partial charge in [-0.25, -0.2) is 0 Å². The van der Waals surface area contributed by atoms with E-state index in [9.17, 15) is 9.00 Å². The summed E-state index contributed by atoms with van der Waals surface area (Å²) < 4.78 is 25.3. The Kier molecular flexibility index (Phi) is 4.82. The van der Waals surface area contributed by atoms with Crippen molar-refractivity contribution in [3.8, 4) is 5.75 Å². The largest absolute Gasteiger partial charge is 0.497 e. The average Bonchev–Trinajstić information content (AvgIpc) is 3.51. The first-order valence-electron chi connectivity index (χ1n) is 12.2. The molecule has 33 heavy (non-hydrogen) atoms. The number of methoxy groups -OCH3 is 1. The van der Waals surface area contributed by atoms with Gasteiger partial charge < -0.3 is 9.47 Å². The average molecular weight is 465 g/mol. The minimum absolute atomic E-state index is 0.00554. The Labute approximate surface area is 198 Å². The van der Waals surface area contributed by atoms with Crippen LogP contribution in [0.2, 0.25) is 0 Å². The fourth-order valence-corrected chi connectivity index (χ4v) is 9.87. The summed E-state index contributed by atoms with van der Waals surface area (Å²) in [5.41, 5.74) is 2.63. The van der Waals surface area contributed by atoms with Gasteiger partial charge in [-0.15, -0.1) is 0 Å². The van der Waals surface area contributed by atoms with Gasteiger partial charge in [-0.1, -0.05) is 31.2 Å². The third-order valence-corrected chi connectivity index (χ3v) is 11.4. The van der Waals surface area contributed by atoms with Gasteiger partial charge in [-0.05, 0) is 91.2 Å². The summed E-state index contributed by atoms with van der Waals surface area (Å²) >= 11 is 0. The molecule has 4 nitrogen and oxygen atoms in total. The molecule has 3 fully saturated rings. The Morgan fingerprint density at radius 2 is 1.85 bits per heavy atom. The minimum Gasteiger partial charge on any atom is -0.497 e. The standard InChI is InChI=1S/C28H32O4S/c1-17(29)32-25-12-11-22-26-21(13-14-27(22,25)2)20-10-9-18(31-3)15-23(20)28(16-24(26)28)33(30)19-7-5-4-6-8-19/h4-10,15,21-22,24-26H,11-14,16H2,1-3H3/t21-,22+,24-,25+,26-,27+,28-,33?/m1/s1. The van der Waals surface area contributed by atoms with Crippen molar-refractivity contribution in [2.45, 2.75) is 67.6 Å². The second-order valence-electron chi connectivity index (χ2n) is 10.7. The van der Waals surface area contributed by atoms with Crippen LogP contribution in [0.15, 0.2) is 53.4 Å².